The summed E-state index contributed by atoms with van der Waals surface area (Å²) in [5.74, 6) is 0.959. The Kier molecular flexibility index (Phi) is 6.02. The Hall–Kier alpha value is -1.38. The van der Waals surface area contributed by atoms with E-state index in [4.69, 9.17) is 5.73 Å². The number of nitrogen functional groups attached to an aromatic ring is 1. The number of benzene rings is 1. The lowest BCUT2D eigenvalue weighted by Gasteiger charge is -2.21. The van der Waals surface area contributed by atoms with E-state index in [1.54, 1.807) is 7.05 Å². The molecule has 0 aromatic heterocycles. The topological polar surface area (TPSA) is 58.3 Å². The quantitative estimate of drug-likeness (QED) is 0.523. The van der Waals surface area contributed by atoms with E-state index in [0.717, 1.165) is 11.5 Å². The SMILES string of the molecule is CC(C)C.CNc1cc(C(C)(C)C)cc(N)c1O. The zero-order valence-corrected chi connectivity index (χ0v) is 12.8. The second-order valence-corrected chi connectivity index (χ2v) is 6.19. The highest BCUT2D eigenvalue weighted by Crippen LogP contribution is 2.35. The van der Waals surface area contributed by atoms with Crippen LogP contribution in [0, 0.1) is 5.92 Å². The summed E-state index contributed by atoms with van der Waals surface area (Å²) in [5.41, 5.74) is 7.94. The molecule has 1 aromatic carbocycles. The Labute approximate surface area is 111 Å². The molecule has 0 aliphatic heterocycles. The van der Waals surface area contributed by atoms with E-state index in [9.17, 15) is 5.11 Å². The number of phenolic OH excluding ortho intramolecular Hbond substituents is 1. The summed E-state index contributed by atoms with van der Waals surface area (Å²) in [7, 11) is 1.76. The maximum absolute atomic E-state index is 9.60. The van der Waals surface area contributed by atoms with Crippen molar-refractivity contribution in [3.05, 3.63) is 17.7 Å². The van der Waals surface area contributed by atoms with Crippen molar-refractivity contribution in [3.8, 4) is 5.75 Å². The third-order valence-corrected chi connectivity index (χ3v) is 2.27. The predicted molar refractivity (Wildman–Crippen MR) is 81.3 cm³/mol. The number of hydrogen-bond acceptors (Lipinski definition) is 3. The lowest BCUT2D eigenvalue weighted by molar-refractivity contribution is 0.479. The molecule has 0 amide bonds. The molecule has 1 aromatic rings. The van der Waals surface area contributed by atoms with E-state index in [-0.39, 0.29) is 11.2 Å². The molecule has 0 heterocycles. The second kappa shape index (κ2) is 6.53. The van der Waals surface area contributed by atoms with Crippen molar-refractivity contribution in [2.24, 2.45) is 5.92 Å². The summed E-state index contributed by atoms with van der Waals surface area (Å²) in [4.78, 5) is 0. The van der Waals surface area contributed by atoms with Crippen LogP contribution in [-0.4, -0.2) is 12.2 Å². The number of rotatable bonds is 1. The van der Waals surface area contributed by atoms with E-state index in [1.807, 2.05) is 12.1 Å². The van der Waals surface area contributed by atoms with Gasteiger partial charge in [0, 0.05) is 7.05 Å². The van der Waals surface area contributed by atoms with Crippen LogP contribution in [0.4, 0.5) is 11.4 Å². The Bertz CT molecular complexity index is 376. The van der Waals surface area contributed by atoms with Crippen molar-refractivity contribution in [3.63, 3.8) is 0 Å². The number of aromatic hydroxyl groups is 1. The standard InChI is InChI=1S/C11H18N2O.C4H10/c1-11(2,3)7-5-8(12)10(14)9(6-7)13-4;1-4(2)3/h5-6,13-14H,12H2,1-4H3;4H,1-3H3. The maximum atomic E-state index is 9.60. The summed E-state index contributed by atoms with van der Waals surface area (Å²) >= 11 is 0. The Balaban J connectivity index is 0.000000631. The van der Waals surface area contributed by atoms with Gasteiger partial charge in [-0.05, 0) is 29.0 Å². The van der Waals surface area contributed by atoms with Crippen molar-refractivity contribution in [2.45, 2.75) is 47.0 Å². The highest BCUT2D eigenvalue weighted by molar-refractivity contribution is 5.70. The Morgan fingerprint density at radius 2 is 1.61 bits per heavy atom. The van der Waals surface area contributed by atoms with Crippen LogP contribution in [0.5, 0.6) is 5.75 Å². The maximum Gasteiger partial charge on any atom is 0.161 e. The van der Waals surface area contributed by atoms with Crippen LogP contribution < -0.4 is 11.1 Å². The summed E-state index contributed by atoms with van der Waals surface area (Å²) in [6, 6.07) is 3.74. The lowest BCUT2D eigenvalue weighted by Crippen LogP contribution is -2.12. The molecule has 0 spiro atoms. The van der Waals surface area contributed by atoms with Gasteiger partial charge < -0.3 is 16.2 Å². The van der Waals surface area contributed by atoms with Crippen LogP contribution in [0.25, 0.3) is 0 Å². The highest BCUT2D eigenvalue weighted by Gasteiger charge is 2.17. The first-order valence-corrected chi connectivity index (χ1v) is 6.40. The van der Waals surface area contributed by atoms with Gasteiger partial charge in [0.05, 0.1) is 11.4 Å². The van der Waals surface area contributed by atoms with Gasteiger partial charge in [-0.3, -0.25) is 0 Å². The lowest BCUT2D eigenvalue weighted by atomic mass is 9.86. The van der Waals surface area contributed by atoms with Gasteiger partial charge in [0.25, 0.3) is 0 Å². The molecule has 0 unspecified atom stereocenters. The van der Waals surface area contributed by atoms with Gasteiger partial charge in [-0.2, -0.15) is 0 Å². The fraction of sp³-hybridized carbons (Fsp3) is 0.600. The normalized spacial score (nSPS) is 10.9. The molecule has 3 nitrogen and oxygen atoms in total. The average molecular weight is 252 g/mol. The van der Waals surface area contributed by atoms with Crippen LogP contribution in [-0.2, 0) is 5.41 Å². The molecule has 3 heteroatoms. The van der Waals surface area contributed by atoms with Crippen LogP contribution in [0.1, 0.15) is 47.1 Å². The van der Waals surface area contributed by atoms with E-state index >= 15 is 0 Å². The Morgan fingerprint density at radius 3 is 1.94 bits per heavy atom. The fourth-order valence-corrected chi connectivity index (χ4v) is 1.28. The number of phenols is 1. The summed E-state index contributed by atoms with van der Waals surface area (Å²) in [6.07, 6.45) is 0. The van der Waals surface area contributed by atoms with Crippen molar-refractivity contribution >= 4 is 11.4 Å². The number of nitrogens with one attached hydrogen (secondary N) is 1. The first-order valence-electron chi connectivity index (χ1n) is 6.40. The van der Waals surface area contributed by atoms with Gasteiger partial charge in [0.15, 0.2) is 5.75 Å². The Morgan fingerprint density at radius 1 is 1.17 bits per heavy atom. The molecule has 0 saturated heterocycles. The third kappa shape index (κ3) is 5.30. The molecule has 0 bridgehead atoms. The van der Waals surface area contributed by atoms with Crippen LogP contribution >= 0.6 is 0 Å². The van der Waals surface area contributed by atoms with Gasteiger partial charge >= 0.3 is 0 Å². The molecule has 104 valence electrons. The summed E-state index contributed by atoms with van der Waals surface area (Å²) in [6.45, 7) is 12.8. The molecule has 0 aliphatic carbocycles. The third-order valence-electron chi connectivity index (χ3n) is 2.27. The monoisotopic (exact) mass is 252 g/mol. The molecule has 0 radical (unpaired) electrons. The minimum Gasteiger partial charge on any atom is -0.504 e. The van der Waals surface area contributed by atoms with E-state index < -0.39 is 0 Å². The molecular weight excluding hydrogens is 224 g/mol. The van der Waals surface area contributed by atoms with Crippen molar-refractivity contribution < 1.29 is 5.11 Å². The summed E-state index contributed by atoms with van der Waals surface area (Å²) in [5, 5.41) is 12.5. The highest BCUT2D eigenvalue weighted by atomic mass is 16.3. The van der Waals surface area contributed by atoms with Gasteiger partial charge in [0.1, 0.15) is 0 Å². The first kappa shape index (κ1) is 16.6. The second-order valence-electron chi connectivity index (χ2n) is 6.19. The average Bonchev–Trinajstić information content (AvgIpc) is 2.19. The van der Waals surface area contributed by atoms with Crippen molar-refractivity contribution in [1.29, 1.82) is 0 Å². The fourth-order valence-electron chi connectivity index (χ4n) is 1.28. The van der Waals surface area contributed by atoms with Gasteiger partial charge in [0.2, 0.25) is 0 Å². The number of nitrogens with two attached hydrogens (primary N) is 1. The van der Waals surface area contributed by atoms with E-state index in [2.05, 4.69) is 46.9 Å². The van der Waals surface area contributed by atoms with Gasteiger partial charge in [-0.1, -0.05) is 41.5 Å². The van der Waals surface area contributed by atoms with Gasteiger partial charge in [-0.15, -0.1) is 0 Å². The molecule has 0 aliphatic rings. The number of hydrogen-bond donors (Lipinski definition) is 3. The molecule has 18 heavy (non-hydrogen) atoms. The zero-order valence-electron chi connectivity index (χ0n) is 12.8. The molecule has 1 rings (SSSR count). The number of anilines is 2. The van der Waals surface area contributed by atoms with Crippen molar-refractivity contribution in [1.82, 2.24) is 0 Å². The van der Waals surface area contributed by atoms with Crippen LogP contribution in [0.2, 0.25) is 0 Å². The van der Waals surface area contributed by atoms with E-state index in [0.29, 0.717) is 11.4 Å². The smallest absolute Gasteiger partial charge is 0.161 e. The predicted octanol–water partition coefficient (Wildman–Crippen LogP) is 3.98. The minimum absolute atomic E-state index is 0.0351. The first-order chi connectivity index (χ1) is 8.09. The zero-order chi connectivity index (χ0) is 14.5. The molecule has 4 N–H and O–H groups in total. The van der Waals surface area contributed by atoms with Crippen LogP contribution in [0.15, 0.2) is 12.1 Å². The molecule has 0 fully saturated rings. The molecule has 0 atom stereocenters. The van der Waals surface area contributed by atoms with E-state index in [1.165, 1.54) is 0 Å². The molecular formula is C15H28N2O. The van der Waals surface area contributed by atoms with Gasteiger partial charge in [-0.25, -0.2) is 0 Å². The summed E-state index contributed by atoms with van der Waals surface area (Å²) < 4.78 is 0. The van der Waals surface area contributed by atoms with Crippen molar-refractivity contribution in [2.75, 3.05) is 18.1 Å². The largest absolute Gasteiger partial charge is 0.504 e. The van der Waals surface area contributed by atoms with Crippen LogP contribution in [0.3, 0.4) is 0 Å². The minimum atomic E-state index is 0.0351. The molecule has 0 saturated carbocycles.